The van der Waals surface area contributed by atoms with Crippen LogP contribution in [0.5, 0.6) is 0 Å². The highest BCUT2D eigenvalue weighted by atomic mass is 16.6. The third kappa shape index (κ3) is 4.23. The maximum atomic E-state index is 12.3. The van der Waals surface area contributed by atoms with Gasteiger partial charge in [0.25, 0.3) is 0 Å². The summed E-state index contributed by atoms with van der Waals surface area (Å²) in [5.74, 6) is 0. The zero-order chi connectivity index (χ0) is 14.2. The molecule has 2 rings (SSSR count). The number of hydrogen-bond acceptors (Lipinski definition) is 3. The highest BCUT2D eigenvalue weighted by Gasteiger charge is 2.27. The topological polar surface area (TPSA) is 41.6 Å². The quantitative estimate of drug-likeness (QED) is 0.812. The average molecular weight is 276 g/mol. The molecule has 20 heavy (non-hydrogen) atoms. The number of hydrogen-bond donors (Lipinski definition) is 1. The Labute approximate surface area is 121 Å². The van der Waals surface area contributed by atoms with Gasteiger partial charge in [-0.2, -0.15) is 0 Å². The summed E-state index contributed by atoms with van der Waals surface area (Å²) in [4.78, 5) is 14.2. The molecule has 1 atom stereocenters. The SMILES string of the molecule is CCCCOC(=O)N(Cc1ccccc1)C1CCNC1. The van der Waals surface area contributed by atoms with Crippen molar-refractivity contribution in [2.75, 3.05) is 19.7 Å². The van der Waals surface area contributed by atoms with E-state index in [2.05, 4.69) is 24.4 Å². The molecule has 1 aliphatic heterocycles. The van der Waals surface area contributed by atoms with E-state index in [1.807, 2.05) is 23.1 Å². The van der Waals surface area contributed by atoms with Gasteiger partial charge in [0.15, 0.2) is 0 Å². The summed E-state index contributed by atoms with van der Waals surface area (Å²) in [6.07, 6.45) is 2.77. The van der Waals surface area contributed by atoms with Crippen molar-refractivity contribution in [3.05, 3.63) is 35.9 Å². The number of amides is 1. The van der Waals surface area contributed by atoms with E-state index in [-0.39, 0.29) is 12.1 Å². The largest absolute Gasteiger partial charge is 0.449 e. The van der Waals surface area contributed by atoms with E-state index >= 15 is 0 Å². The molecule has 4 nitrogen and oxygen atoms in total. The highest BCUT2D eigenvalue weighted by Crippen LogP contribution is 2.15. The molecule has 0 aliphatic carbocycles. The molecule has 0 saturated carbocycles. The molecule has 0 radical (unpaired) electrons. The van der Waals surface area contributed by atoms with Gasteiger partial charge < -0.3 is 10.1 Å². The number of nitrogens with zero attached hydrogens (tertiary/aromatic N) is 1. The first-order chi connectivity index (χ1) is 9.81. The lowest BCUT2D eigenvalue weighted by Gasteiger charge is -2.27. The average Bonchev–Trinajstić information content (AvgIpc) is 3.00. The van der Waals surface area contributed by atoms with Crippen molar-refractivity contribution < 1.29 is 9.53 Å². The van der Waals surface area contributed by atoms with Crippen LogP contribution in [-0.4, -0.2) is 36.7 Å². The zero-order valence-electron chi connectivity index (χ0n) is 12.2. The molecule has 1 amide bonds. The molecule has 0 bridgehead atoms. The summed E-state index contributed by atoms with van der Waals surface area (Å²) in [6.45, 7) is 5.06. The molecular formula is C16H24N2O2. The Bertz CT molecular complexity index is 402. The van der Waals surface area contributed by atoms with Crippen LogP contribution in [0.15, 0.2) is 30.3 Å². The van der Waals surface area contributed by atoms with Crippen LogP contribution in [0.2, 0.25) is 0 Å². The molecule has 1 saturated heterocycles. The normalized spacial score (nSPS) is 17.9. The van der Waals surface area contributed by atoms with Crippen molar-refractivity contribution in [1.29, 1.82) is 0 Å². The lowest BCUT2D eigenvalue weighted by molar-refractivity contribution is 0.0846. The van der Waals surface area contributed by atoms with Gasteiger partial charge in [-0.3, -0.25) is 4.90 Å². The predicted molar refractivity (Wildman–Crippen MR) is 79.5 cm³/mol. The number of unbranched alkanes of at least 4 members (excludes halogenated alkanes) is 1. The number of carbonyl (C=O) groups excluding carboxylic acids is 1. The Balaban J connectivity index is 1.98. The maximum absolute atomic E-state index is 12.3. The molecule has 110 valence electrons. The van der Waals surface area contributed by atoms with E-state index in [9.17, 15) is 4.79 Å². The molecule has 1 N–H and O–H groups in total. The minimum absolute atomic E-state index is 0.184. The summed E-state index contributed by atoms with van der Waals surface area (Å²) >= 11 is 0. The second-order valence-electron chi connectivity index (χ2n) is 5.23. The number of rotatable bonds is 6. The number of ether oxygens (including phenoxy) is 1. The van der Waals surface area contributed by atoms with Crippen LogP contribution >= 0.6 is 0 Å². The minimum atomic E-state index is -0.184. The predicted octanol–water partition coefficient (Wildman–Crippen LogP) is 2.79. The maximum Gasteiger partial charge on any atom is 0.410 e. The fraction of sp³-hybridized carbons (Fsp3) is 0.562. The molecule has 1 aromatic carbocycles. The van der Waals surface area contributed by atoms with Gasteiger partial charge in [-0.1, -0.05) is 43.7 Å². The van der Waals surface area contributed by atoms with Gasteiger partial charge in [-0.05, 0) is 24.9 Å². The van der Waals surface area contributed by atoms with E-state index < -0.39 is 0 Å². The van der Waals surface area contributed by atoms with Crippen LogP contribution in [0.4, 0.5) is 4.79 Å². The van der Waals surface area contributed by atoms with Crippen molar-refractivity contribution in [2.24, 2.45) is 0 Å². The smallest absolute Gasteiger partial charge is 0.410 e. The Morgan fingerprint density at radius 2 is 2.20 bits per heavy atom. The summed E-state index contributed by atoms with van der Waals surface area (Å²) in [5.41, 5.74) is 1.15. The van der Waals surface area contributed by atoms with Gasteiger partial charge in [0.1, 0.15) is 0 Å². The molecule has 1 heterocycles. The van der Waals surface area contributed by atoms with E-state index in [4.69, 9.17) is 4.74 Å². The summed E-state index contributed by atoms with van der Waals surface area (Å²) < 4.78 is 5.39. The summed E-state index contributed by atoms with van der Waals surface area (Å²) in [5, 5.41) is 3.31. The second kappa shape index (κ2) is 7.90. The van der Waals surface area contributed by atoms with Crippen LogP contribution in [0.3, 0.4) is 0 Å². The monoisotopic (exact) mass is 276 g/mol. The Hall–Kier alpha value is -1.55. The molecule has 1 fully saturated rings. The van der Waals surface area contributed by atoms with Gasteiger partial charge in [0.05, 0.1) is 6.61 Å². The Morgan fingerprint density at radius 3 is 2.85 bits per heavy atom. The van der Waals surface area contributed by atoms with E-state index in [0.717, 1.165) is 37.9 Å². The summed E-state index contributed by atoms with van der Waals surface area (Å²) in [7, 11) is 0. The molecule has 0 spiro atoms. The molecule has 1 aromatic rings. The third-order valence-corrected chi connectivity index (χ3v) is 3.63. The van der Waals surface area contributed by atoms with Crippen LogP contribution in [0, 0.1) is 0 Å². The van der Waals surface area contributed by atoms with Crippen molar-refractivity contribution >= 4 is 6.09 Å². The fourth-order valence-corrected chi connectivity index (χ4v) is 2.42. The van der Waals surface area contributed by atoms with Crippen molar-refractivity contribution in [3.63, 3.8) is 0 Å². The van der Waals surface area contributed by atoms with E-state index in [1.54, 1.807) is 0 Å². The van der Waals surface area contributed by atoms with E-state index in [0.29, 0.717) is 13.2 Å². The molecule has 1 aliphatic rings. The van der Waals surface area contributed by atoms with Crippen LogP contribution < -0.4 is 5.32 Å². The van der Waals surface area contributed by atoms with Crippen LogP contribution in [0.25, 0.3) is 0 Å². The van der Waals surface area contributed by atoms with Gasteiger partial charge in [-0.15, -0.1) is 0 Å². The van der Waals surface area contributed by atoms with Gasteiger partial charge in [-0.25, -0.2) is 4.79 Å². The molecular weight excluding hydrogens is 252 g/mol. The van der Waals surface area contributed by atoms with Crippen molar-refractivity contribution in [3.8, 4) is 0 Å². The van der Waals surface area contributed by atoms with Gasteiger partial charge in [0, 0.05) is 19.1 Å². The first-order valence-corrected chi connectivity index (χ1v) is 7.49. The molecule has 4 heteroatoms. The number of nitrogens with one attached hydrogen (secondary N) is 1. The van der Waals surface area contributed by atoms with Crippen molar-refractivity contribution in [1.82, 2.24) is 10.2 Å². The lowest BCUT2D eigenvalue weighted by atomic mass is 10.1. The fourth-order valence-electron chi connectivity index (χ4n) is 2.42. The van der Waals surface area contributed by atoms with Gasteiger partial charge >= 0.3 is 6.09 Å². The van der Waals surface area contributed by atoms with Crippen LogP contribution in [-0.2, 0) is 11.3 Å². The zero-order valence-corrected chi connectivity index (χ0v) is 12.2. The highest BCUT2D eigenvalue weighted by molar-refractivity contribution is 5.68. The first-order valence-electron chi connectivity index (χ1n) is 7.49. The third-order valence-electron chi connectivity index (χ3n) is 3.63. The number of carbonyl (C=O) groups is 1. The molecule has 0 aromatic heterocycles. The van der Waals surface area contributed by atoms with Crippen LogP contribution in [0.1, 0.15) is 31.7 Å². The molecule has 1 unspecified atom stereocenters. The standard InChI is InChI=1S/C16H24N2O2/c1-2-3-11-20-16(19)18(15-9-10-17-12-15)13-14-7-5-4-6-8-14/h4-8,15,17H,2-3,9-13H2,1H3. The minimum Gasteiger partial charge on any atom is -0.449 e. The van der Waals surface area contributed by atoms with E-state index in [1.165, 1.54) is 0 Å². The lowest BCUT2D eigenvalue weighted by Crippen LogP contribution is -2.41. The van der Waals surface area contributed by atoms with Crippen molar-refractivity contribution in [2.45, 2.75) is 38.8 Å². The first kappa shape index (κ1) is 14.9. The Morgan fingerprint density at radius 1 is 1.40 bits per heavy atom. The summed E-state index contributed by atoms with van der Waals surface area (Å²) in [6, 6.07) is 10.3. The number of benzene rings is 1. The Kier molecular flexibility index (Phi) is 5.87. The van der Waals surface area contributed by atoms with Gasteiger partial charge in [0.2, 0.25) is 0 Å². The second-order valence-corrected chi connectivity index (χ2v) is 5.23.